The van der Waals surface area contributed by atoms with E-state index in [4.69, 9.17) is 0 Å². The normalized spacial score (nSPS) is 12.4. The molecule has 0 atom stereocenters. The van der Waals surface area contributed by atoms with Gasteiger partial charge in [0.05, 0.1) is 0 Å². The van der Waals surface area contributed by atoms with Crippen molar-refractivity contribution in [3.05, 3.63) is 81.3 Å². The van der Waals surface area contributed by atoms with Gasteiger partial charge in [0.2, 0.25) is 0 Å². The molecule has 1 heterocycles. The van der Waals surface area contributed by atoms with Crippen molar-refractivity contribution >= 4 is 37.6 Å². The average Bonchev–Trinajstić information content (AvgIpc) is 2.97. The Labute approximate surface area is 168 Å². The van der Waals surface area contributed by atoms with Gasteiger partial charge in [0.1, 0.15) is 0 Å². The summed E-state index contributed by atoms with van der Waals surface area (Å²) in [5, 5.41) is 2.98. The maximum atomic E-state index is 12.7. The summed E-state index contributed by atoms with van der Waals surface area (Å²) in [7, 11) is 0. The zero-order chi connectivity index (χ0) is 19.6. The fraction of sp³-hybridized carbons (Fsp3) is 0.200. The fourth-order valence-corrected chi connectivity index (χ4v) is 4.20. The van der Waals surface area contributed by atoms with Crippen molar-refractivity contribution in [3.8, 4) is 0 Å². The standard InChI is InChI=1S/C20H17F3N2SSe/c1-13-3-5-15(6-4-13)11-25-14(2)12-26-19(25)18(27)24-17-9-7-16(8-10-17)20(21,22)23/h3-10,12H,11H2,1-2H3. The van der Waals surface area contributed by atoms with Crippen LogP contribution in [0.4, 0.5) is 18.9 Å². The van der Waals surface area contributed by atoms with Gasteiger partial charge in [0.25, 0.3) is 0 Å². The van der Waals surface area contributed by atoms with Crippen LogP contribution in [0.25, 0.3) is 0 Å². The third-order valence-corrected chi connectivity index (χ3v) is 6.07. The van der Waals surface area contributed by atoms with E-state index in [2.05, 4.69) is 49.8 Å². The molecule has 0 aliphatic heterocycles. The van der Waals surface area contributed by atoms with Crippen LogP contribution in [0.3, 0.4) is 0 Å². The predicted molar refractivity (Wildman–Crippen MR) is 103 cm³/mol. The van der Waals surface area contributed by atoms with Crippen molar-refractivity contribution in [2.45, 2.75) is 26.6 Å². The second kappa shape index (κ2) is 7.97. The van der Waals surface area contributed by atoms with Gasteiger partial charge in [-0.05, 0) is 0 Å². The van der Waals surface area contributed by atoms with Crippen molar-refractivity contribution in [3.63, 3.8) is 0 Å². The molecule has 0 aliphatic rings. The van der Waals surface area contributed by atoms with Crippen LogP contribution < -0.4 is 4.57 Å². The first kappa shape index (κ1) is 19.8. The number of aryl methyl sites for hydroxylation is 2. The van der Waals surface area contributed by atoms with Gasteiger partial charge in [0.15, 0.2) is 0 Å². The Morgan fingerprint density at radius 3 is 2.26 bits per heavy atom. The molecule has 0 radical (unpaired) electrons. The number of thiazole rings is 1. The van der Waals surface area contributed by atoms with Gasteiger partial charge in [-0.3, -0.25) is 0 Å². The molecule has 0 spiro atoms. The summed E-state index contributed by atoms with van der Waals surface area (Å²) in [4.78, 5) is 4.47. The van der Waals surface area contributed by atoms with Gasteiger partial charge >= 0.3 is 168 Å². The summed E-state index contributed by atoms with van der Waals surface area (Å²) >= 11 is 4.51. The van der Waals surface area contributed by atoms with Crippen LogP contribution in [-0.4, -0.2) is 20.6 Å². The van der Waals surface area contributed by atoms with Crippen LogP contribution in [0.1, 0.15) is 27.4 Å². The number of aromatic nitrogens is 1. The molecule has 0 amide bonds. The van der Waals surface area contributed by atoms with Crippen LogP contribution in [0.5, 0.6) is 0 Å². The van der Waals surface area contributed by atoms with E-state index in [0.717, 1.165) is 22.8 Å². The summed E-state index contributed by atoms with van der Waals surface area (Å²) in [6, 6.07) is 13.2. The number of rotatable bonds is 4. The van der Waals surface area contributed by atoms with Gasteiger partial charge in [0, 0.05) is 0 Å². The molecule has 0 N–H and O–H groups in total. The first-order valence-electron chi connectivity index (χ1n) is 8.21. The molecule has 0 saturated heterocycles. The Kier molecular flexibility index (Phi) is 5.84. The molecule has 0 unspecified atom stereocenters. The molecule has 27 heavy (non-hydrogen) atoms. The number of aliphatic imine (C=N–C) groups is 1. The van der Waals surface area contributed by atoms with Gasteiger partial charge in [-0.15, -0.1) is 0 Å². The molecule has 1 aromatic heterocycles. The van der Waals surface area contributed by atoms with Crippen LogP contribution in [0, 0.1) is 13.8 Å². The van der Waals surface area contributed by atoms with E-state index in [1.54, 1.807) is 11.3 Å². The number of benzene rings is 2. The molecule has 3 rings (SSSR count). The first-order valence-corrected chi connectivity index (χ1v) is 9.94. The summed E-state index contributed by atoms with van der Waals surface area (Å²) in [5.41, 5.74) is 3.29. The van der Waals surface area contributed by atoms with Gasteiger partial charge in [-0.25, -0.2) is 0 Å². The Hall–Kier alpha value is -1.95. The van der Waals surface area contributed by atoms with E-state index < -0.39 is 11.7 Å². The zero-order valence-electron chi connectivity index (χ0n) is 14.7. The van der Waals surface area contributed by atoms with Gasteiger partial charge in [-0.2, -0.15) is 0 Å². The van der Waals surface area contributed by atoms with E-state index >= 15 is 0 Å². The molecule has 2 nitrogen and oxygen atoms in total. The van der Waals surface area contributed by atoms with E-state index in [1.165, 1.54) is 23.3 Å². The minimum atomic E-state index is -4.34. The molecule has 3 aromatic rings. The van der Waals surface area contributed by atoms with Crippen molar-refractivity contribution in [1.29, 1.82) is 0 Å². The summed E-state index contributed by atoms with van der Waals surface area (Å²) in [6.45, 7) is 4.78. The third-order valence-electron chi connectivity index (χ3n) is 4.08. The number of alkyl halides is 3. The van der Waals surface area contributed by atoms with Gasteiger partial charge < -0.3 is 0 Å². The molecule has 2 aromatic carbocycles. The van der Waals surface area contributed by atoms with E-state index in [0.29, 0.717) is 16.8 Å². The molecule has 7 heteroatoms. The van der Waals surface area contributed by atoms with Crippen molar-refractivity contribution < 1.29 is 17.7 Å². The van der Waals surface area contributed by atoms with E-state index in [-0.39, 0.29) is 0 Å². The Balaban J connectivity index is 1.87. The monoisotopic (exact) mass is 454 g/mol. The average molecular weight is 453 g/mol. The third kappa shape index (κ3) is 4.86. The fourth-order valence-electron chi connectivity index (χ4n) is 2.56. The molecule has 140 valence electrons. The molecule has 0 fully saturated rings. The Morgan fingerprint density at radius 1 is 1.04 bits per heavy atom. The topological polar surface area (TPSA) is 16.2 Å². The second-order valence-electron chi connectivity index (χ2n) is 6.22. The number of halogens is 3. The summed E-state index contributed by atoms with van der Waals surface area (Å²) in [5.74, 6) is 0. The first-order chi connectivity index (χ1) is 12.7. The summed E-state index contributed by atoms with van der Waals surface area (Å²) < 4.78 is 40.9. The maximum absolute atomic E-state index is 12.7. The van der Waals surface area contributed by atoms with Crippen molar-refractivity contribution in [1.82, 2.24) is 0 Å². The second-order valence-corrected chi connectivity index (χ2v) is 7.88. The minimum absolute atomic E-state index is 0.477. The quantitative estimate of drug-likeness (QED) is 0.302. The Morgan fingerprint density at radius 2 is 1.67 bits per heavy atom. The predicted octanol–water partition coefficient (Wildman–Crippen LogP) is 4.97. The van der Waals surface area contributed by atoms with E-state index in [9.17, 15) is 13.2 Å². The van der Waals surface area contributed by atoms with Crippen LogP contribution in [-0.2, 0) is 12.7 Å². The molecular formula is C20H17F3N2SSe. The van der Waals surface area contributed by atoms with Crippen LogP contribution >= 0.6 is 11.3 Å². The molecule has 0 aliphatic carbocycles. The zero-order valence-corrected chi connectivity index (χ0v) is 17.3. The van der Waals surface area contributed by atoms with Gasteiger partial charge in [-0.1, -0.05) is 0 Å². The summed E-state index contributed by atoms with van der Waals surface area (Å²) in [6.07, 6.45) is -4.34. The molecular weight excluding hydrogens is 436 g/mol. The van der Waals surface area contributed by atoms with Crippen molar-refractivity contribution in [2.24, 2.45) is 4.99 Å². The van der Waals surface area contributed by atoms with Crippen LogP contribution in [0.15, 0.2) is 58.9 Å². The number of hydrogen-bond acceptors (Lipinski definition) is 2. The van der Waals surface area contributed by atoms with Crippen molar-refractivity contribution in [2.75, 3.05) is 0 Å². The Bertz CT molecular complexity index is 958. The van der Waals surface area contributed by atoms with E-state index in [1.807, 2.05) is 19.2 Å². The van der Waals surface area contributed by atoms with Crippen LogP contribution in [0.2, 0.25) is 0 Å². The number of hydrogen-bond donors (Lipinski definition) is 0. The SMILES string of the molecule is Cc1ccc(C[n+]2c(C)csc2C([Se-])=Nc2ccc(C(F)(F)F)cc2)cc1. The number of nitrogens with zero attached hydrogens (tertiary/aromatic N) is 2. The molecule has 0 saturated carbocycles. The molecule has 0 bridgehead atoms.